The minimum atomic E-state index is -3.11. The Morgan fingerprint density at radius 2 is 2.00 bits per heavy atom. The number of amides is 1. The number of nitrogens with one attached hydrogen (secondary N) is 1. The number of sulfone groups is 1. The first-order valence-electron chi connectivity index (χ1n) is 11.2. The first kappa shape index (κ1) is 23.4. The zero-order valence-corrected chi connectivity index (χ0v) is 19.5. The molecule has 2 aromatic carbocycles. The summed E-state index contributed by atoms with van der Waals surface area (Å²) >= 11 is 0. The van der Waals surface area contributed by atoms with E-state index in [1.54, 1.807) is 18.1 Å². The molecule has 3 aromatic rings. The van der Waals surface area contributed by atoms with Gasteiger partial charge in [-0.05, 0) is 48.6 Å². The van der Waals surface area contributed by atoms with Crippen LogP contribution in [0.15, 0.2) is 48.5 Å². The van der Waals surface area contributed by atoms with Crippen molar-refractivity contribution in [3.8, 4) is 11.3 Å². The molecular weight excluding hydrogens is 443 g/mol. The van der Waals surface area contributed by atoms with Crippen LogP contribution in [0.4, 0.5) is 4.39 Å². The molecule has 176 valence electrons. The summed E-state index contributed by atoms with van der Waals surface area (Å²) in [6, 6.07) is 14.1. The standard InChI is InChI=1S/C25H29FN2O4S/c1-32-14-5-13-28(20-12-15-33(30,31)17-20)24(29)11-9-21-22-16-19(26)8-10-23(22)27-25(21)18-6-3-2-4-7-18/h2-4,6-8,10,16,20,27H,5,9,11-15,17H2,1H3. The maximum absolute atomic E-state index is 14.0. The maximum atomic E-state index is 14.0. The van der Waals surface area contributed by atoms with Gasteiger partial charge in [0, 0.05) is 49.3 Å². The van der Waals surface area contributed by atoms with Crippen molar-refractivity contribution in [2.24, 2.45) is 0 Å². The van der Waals surface area contributed by atoms with Gasteiger partial charge in [0.2, 0.25) is 5.91 Å². The fraction of sp³-hybridized carbons (Fsp3) is 0.400. The first-order chi connectivity index (χ1) is 15.9. The molecule has 1 aromatic heterocycles. The Labute approximate surface area is 193 Å². The van der Waals surface area contributed by atoms with E-state index in [0.29, 0.717) is 32.4 Å². The highest BCUT2D eigenvalue weighted by molar-refractivity contribution is 7.91. The predicted octanol–water partition coefficient (Wildman–Crippen LogP) is 3.96. The van der Waals surface area contributed by atoms with Crippen LogP contribution in [0.25, 0.3) is 22.2 Å². The minimum absolute atomic E-state index is 0.0132. The number of halogens is 1. The molecule has 1 aliphatic heterocycles. The van der Waals surface area contributed by atoms with Crippen LogP contribution in [0.2, 0.25) is 0 Å². The summed E-state index contributed by atoms with van der Waals surface area (Å²) in [5, 5.41) is 0.760. The number of fused-ring (bicyclic) bond motifs is 1. The van der Waals surface area contributed by atoms with Gasteiger partial charge in [0.15, 0.2) is 9.84 Å². The van der Waals surface area contributed by atoms with E-state index in [1.807, 2.05) is 30.3 Å². The van der Waals surface area contributed by atoms with Gasteiger partial charge in [-0.3, -0.25) is 4.79 Å². The molecule has 1 atom stereocenters. The van der Waals surface area contributed by atoms with Crippen molar-refractivity contribution in [1.29, 1.82) is 0 Å². The molecule has 2 heterocycles. The third-order valence-corrected chi connectivity index (χ3v) is 7.99. The molecule has 1 N–H and O–H groups in total. The fourth-order valence-electron chi connectivity index (χ4n) is 4.62. The van der Waals surface area contributed by atoms with Gasteiger partial charge in [-0.25, -0.2) is 12.8 Å². The second-order valence-electron chi connectivity index (χ2n) is 8.52. The number of rotatable bonds is 9. The smallest absolute Gasteiger partial charge is 0.223 e. The Balaban J connectivity index is 1.59. The number of methoxy groups -OCH3 is 1. The average Bonchev–Trinajstić information content (AvgIpc) is 3.34. The molecule has 1 fully saturated rings. The highest BCUT2D eigenvalue weighted by atomic mass is 32.2. The van der Waals surface area contributed by atoms with Gasteiger partial charge in [-0.1, -0.05) is 30.3 Å². The molecule has 0 bridgehead atoms. The number of ether oxygens (including phenoxy) is 1. The van der Waals surface area contributed by atoms with E-state index in [1.165, 1.54) is 12.1 Å². The van der Waals surface area contributed by atoms with Crippen LogP contribution in [-0.2, 0) is 25.8 Å². The lowest BCUT2D eigenvalue weighted by Gasteiger charge is -2.28. The lowest BCUT2D eigenvalue weighted by molar-refractivity contribution is -0.133. The van der Waals surface area contributed by atoms with Crippen molar-refractivity contribution < 1.29 is 22.3 Å². The van der Waals surface area contributed by atoms with Crippen LogP contribution in [0.3, 0.4) is 0 Å². The van der Waals surface area contributed by atoms with E-state index < -0.39 is 9.84 Å². The van der Waals surface area contributed by atoms with Crippen LogP contribution >= 0.6 is 0 Å². The molecule has 33 heavy (non-hydrogen) atoms. The summed E-state index contributed by atoms with van der Waals surface area (Å²) in [6.07, 6.45) is 1.75. The van der Waals surface area contributed by atoms with Gasteiger partial charge in [-0.2, -0.15) is 0 Å². The number of aromatic nitrogens is 1. The van der Waals surface area contributed by atoms with Crippen molar-refractivity contribution in [2.75, 3.05) is 31.8 Å². The Kier molecular flexibility index (Phi) is 7.14. The van der Waals surface area contributed by atoms with Crippen LogP contribution in [0.5, 0.6) is 0 Å². The van der Waals surface area contributed by atoms with Gasteiger partial charge >= 0.3 is 0 Å². The van der Waals surface area contributed by atoms with Crippen molar-refractivity contribution in [3.05, 3.63) is 59.9 Å². The number of hydrogen-bond acceptors (Lipinski definition) is 4. The number of carbonyl (C=O) groups is 1. The summed E-state index contributed by atoms with van der Waals surface area (Å²) in [4.78, 5) is 18.4. The Morgan fingerprint density at radius 3 is 2.70 bits per heavy atom. The normalized spacial score (nSPS) is 17.5. The van der Waals surface area contributed by atoms with Crippen LogP contribution in [0, 0.1) is 5.82 Å². The Morgan fingerprint density at radius 1 is 1.21 bits per heavy atom. The van der Waals surface area contributed by atoms with E-state index in [-0.39, 0.29) is 35.7 Å². The number of aryl methyl sites for hydroxylation is 1. The maximum Gasteiger partial charge on any atom is 0.223 e. The zero-order valence-electron chi connectivity index (χ0n) is 18.7. The number of H-pyrrole nitrogens is 1. The van der Waals surface area contributed by atoms with E-state index in [2.05, 4.69) is 4.98 Å². The first-order valence-corrected chi connectivity index (χ1v) is 13.0. The van der Waals surface area contributed by atoms with Crippen molar-refractivity contribution >= 4 is 26.6 Å². The van der Waals surface area contributed by atoms with Crippen LogP contribution in [-0.4, -0.2) is 62.0 Å². The topological polar surface area (TPSA) is 79.5 Å². The number of hydrogen-bond donors (Lipinski definition) is 1. The fourth-order valence-corrected chi connectivity index (χ4v) is 6.35. The third kappa shape index (κ3) is 5.45. The van der Waals surface area contributed by atoms with Gasteiger partial charge in [0.05, 0.1) is 11.5 Å². The van der Waals surface area contributed by atoms with Gasteiger partial charge < -0.3 is 14.6 Å². The highest BCUT2D eigenvalue weighted by Crippen LogP contribution is 2.32. The molecule has 0 radical (unpaired) electrons. The number of benzene rings is 2. The number of carbonyl (C=O) groups excluding carboxylic acids is 1. The van der Waals surface area contributed by atoms with E-state index in [9.17, 15) is 17.6 Å². The lowest BCUT2D eigenvalue weighted by atomic mass is 10.0. The van der Waals surface area contributed by atoms with Gasteiger partial charge in [0.25, 0.3) is 0 Å². The van der Waals surface area contributed by atoms with Gasteiger partial charge in [0.1, 0.15) is 5.82 Å². The monoisotopic (exact) mass is 472 g/mol. The highest BCUT2D eigenvalue weighted by Gasteiger charge is 2.34. The summed E-state index contributed by atoms with van der Waals surface area (Å²) in [7, 11) is -1.51. The van der Waals surface area contributed by atoms with Crippen molar-refractivity contribution in [3.63, 3.8) is 0 Å². The SMILES string of the molecule is COCCCN(C(=O)CCc1c(-c2ccccc2)[nH]c2ccc(F)cc12)C1CCS(=O)(=O)C1. The molecule has 1 aliphatic rings. The molecule has 1 unspecified atom stereocenters. The third-order valence-electron chi connectivity index (χ3n) is 6.24. The Bertz CT molecular complexity index is 1220. The van der Waals surface area contributed by atoms with Crippen LogP contribution in [0.1, 0.15) is 24.8 Å². The molecule has 0 saturated carbocycles. The minimum Gasteiger partial charge on any atom is -0.385 e. The second kappa shape index (κ2) is 10.1. The summed E-state index contributed by atoms with van der Waals surface area (Å²) in [5.41, 5.74) is 3.55. The predicted molar refractivity (Wildman–Crippen MR) is 127 cm³/mol. The zero-order chi connectivity index (χ0) is 23.4. The van der Waals surface area contributed by atoms with Crippen molar-refractivity contribution in [1.82, 2.24) is 9.88 Å². The van der Waals surface area contributed by atoms with E-state index >= 15 is 0 Å². The quantitative estimate of drug-likeness (QED) is 0.478. The molecule has 8 heteroatoms. The number of nitrogens with zero attached hydrogens (tertiary/aromatic N) is 1. The summed E-state index contributed by atoms with van der Waals surface area (Å²) < 4.78 is 43.2. The van der Waals surface area contributed by atoms with Crippen molar-refractivity contribution in [2.45, 2.75) is 31.7 Å². The number of aromatic amines is 1. The van der Waals surface area contributed by atoms with Crippen LogP contribution < -0.4 is 0 Å². The molecule has 1 amide bonds. The molecule has 4 rings (SSSR count). The average molecular weight is 473 g/mol. The molecule has 0 spiro atoms. The molecule has 1 saturated heterocycles. The molecular formula is C25H29FN2O4S. The second-order valence-corrected chi connectivity index (χ2v) is 10.8. The van der Waals surface area contributed by atoms with E-state index in [0.717, 1.165) is 27.7 Å². The largest absolute Gasteiger partial charge is 0.385 e. The molecule has 6 nitrogen and oxygen atoms in total. The Hall–Kier alpha value is -2.71. The lowest BCUT2D eigenvalue weighted by Crippen LogP contribution is -2.42. The van der Waals surface area contributed by atoms with Gasteiger partial charge in [-0.15, -0.1) is 0 Å². The summed E-state index contributed by atoms with van der Waals surface area (Å²) in [5.74, 6) is -0.283. The molecule has 0 aliphatic carbocycles. The van der Waals surface area contributed by atoms with E-state index in [4.69, 9.17) is 4.74 Å². The summed E-state index contributed by atoms with van der Waals surface area (Å²) in [6.45, 7) is 0.962.